The third-order valence-electron chi connectivity index (χ3n) is 3.92. The topological polar surface area (TPSA) is 50.4 Å². The zero-order chi connectivity index (χ0) is 13.2. The molecule has 2 atom stereocenters. The van der Waals surface area contributed by atoms with Gasteiger partial charge in [0.25, 0.3) is 5.91 Å². The first-order chi connectivity index (χ1) is 9.22. The number of hydrogen-bond donors (Lipinski definition) is 2. The van der Waals surface area contributed by atoms with Crippen molar-refractivity contribution in [3.8, 4) is 0 Å². The fourth-order valence-electron chi connectivity index (χ4n) is 2.83. The maximum Gasteiger partial charge on any atom is 0.251 e. The maximum atomic E-state index is 12.2. The first-order valence-electron chi connectivity index (χ1n) is 6.97. The number of carbonyl (C=O) groups is 1. The van der Waals surface area contributed by atoms with E-state index in [-0.39, 0.29) is 30.5 Å². The minimum absolute atomic E-state index is 0. The van der Waals surface area contributed by atoms with E-state index in [0.29, 0.717) is 0 Å². The van der Waals surface area contributed by atoms with Crippen molar-refractivity contribution < 1.29 is 9.53 Å². The van der Waals surface area contributed by atoms with Gasteiger partial charge in [0.1, 0.15) is 0 Å². The molecule has 3 rings (SSSR count). The van der Waals surface area contributed by atoms with Gasteiger partial charge in [-0.15, -0.1) is 12.4 Å². The van der Waals surface area contributed by atoms with Gasteiger partial charge in [0.2, 0.25) is 0 Å². The summed E-state index contributed by atoms with van der Waals surface area (Å²) in [7, 11) is 0. The Bertz CT molecular complexity index is 493. The van der Waals surface area contributed by atoms with Crippen LogP contribution in [0.25, 0.3) is 0 Å². The van der Waals surface area contributed by atoms with Crippen LogP contribution in [0, 0.1) is 0 Å². The highest BCUT2D eigenvalue weighted by Crippen LogP contribution is 2.18. The van der Waals surface area contributed by atoms with E-state index in [2.05, 4.69) is 23.6 Å². The molecule has 0 aromatic heterocycles. The summed E-state index contributed by atoms with van der Waals surface area (Å²) in [6, 6.07) is 6.22. The summed E-state index contributed by atoms with van der Waals surface area (Å²) in [4.78, 5) is 12.2. The number of halogens is 1. The predicted molar refractivity (Wildman–Crippen MR) is 80.1 cm³/mol. The van der Waals surface area contributed by atoms with Crippen molar-refractivity contribution in [2.75, 3.05) is 6.61 Å². The van der Waals surface area contributed by atoms with E-state index in [1.54, 1.807) is 0 Å². The van der Waals surface area contributed by atoms with Gasteiger partial charge in [-0.05, 0) is 43.0 Å². The Labute approximate surface area is 125 Å². The number of ether oxygens (including phenoxy) is 1. The summed E-state index contributed by atoms with van der Waals surface area (Å²) >= 11 is 0. The van der Waals surface area contributed by atoms with Crippen molar-refractivity contribution in [1.29, 1.82) is 0 Å². The number of amides is 1. The van der Waals surface area contributed by atoms with E-state index in [1.165, 1.54) is 11.1 Å². The van der Waals surface area contributed by atoms with Crippen LogP contribution < -0.4 is 10.6 Å². The van der Waals surface area contributed by atoms with Gasteiger partial charge in [0, 0.05) is 31.3 Å². The van der Waals surface area contributed by atoms with Crippen LogP contribution in [0.5, 0.6) is 0 Å². The Morgan fingerprint density at radius 1 is 1.35 bits per heavy atom. The number of nitrogens with one attached hydrogen (secondary N) is 2. The normalized spacial score (nSPS) is 24.6. The van der Waals surface area contributed by atoms with Crippen molar-refractivity contribution >= 4 is 18.3 Å². The molecule has 2 N–H and O–H groups in total. The summed E-state index contributed by atoms with van der Waals surface area (Å²) in [5, 5.41) is 6.41. The minimum Gasteiger partial charge on any atom is -0.378 e. The molecule has 0 aliphatic carbocycles. The van der Waals surface area contributed by atoms with Crippen molar-refractivity contribution in [3.05, 3.63) is 34.9 Å². The molecule has 2 aliphatic rings. The van der Waals surface area contributed by atoms with Crippen molar-refractivity contribution in [2.24, 2.45) is 0 Å². The molecule has 0 radical (unpaired) electrons. The molecule has 1 fully saturated rings. The lowest BCUT2D eigenvalue weighted by atomic mass is 10.0. The van der Waals surface area contributed by atoms with Gasteiger partial charge in [-0.1, -0.05) is 6.07 Å². The van der Waals surface area contributed by atoms with Crippen molar-refractivity contribution in [3.63, 3.8) is 0 Å². The van der Waals surface area contributed by atoms with Crippen LogP contribution in [0.4, 0.5) is 0 Å². The highest BCUT2D eigenvalue weighted by atomic mass is 35.5. The van der Waals surface area contributed by atoms with E-state index in [0.717, 1.165) is 38.1 Å². The Balaban J connectivity index is 0.00000147. The molecule has 1 aromatic rings. The largest absolute Gasteiger partial charge is 0.378 e. The molecule has 5 heteroatoms. The molecule has 0 spiro atoms. The number of hydrogen-bond acceptors (Lipinski definition) is 3. The van der Waals surface area contributed by atoms with Crippen LogP contribution in [0.1, 0.15) is 41.3 Å². The average molecular weight is 297 g/mol. The second kappa shape index (κ2) is 6.57. The van der Waals surface area contributed by atoms with E-state index < -0.39 is 0 Å². The van der Waals surface area contributed by atoms with Gasteiger partial charge >= 0.3 is 0 Å². The first-order valence-corrected chi connectivity index (χ1v) is 6.97. The molecular formula is C15H21ClN2O2. The molecule has 4 nitrogen and oxygen atoms in total. The highest BCUT2D eigenvalue weighted by molar-refractivity contribution is 5.94. The highest BCUT2D eigenvalue weighted by Gasteiger charge is 2.22. The average Bonchev–Trinajstić information content (AvgIpc) is 2.85. The van der Waals surface area contributed by atoms with Gasteiger partial charge in [-0.25, -0.2) is 0 Å². The van der Waals surface area contributed by atoms with Gasteiger partial charge in [0.15, 0.2) is 0 Å². The molecule has 1 saturated heterocycles. The standard InChI is InChI=1S/C15H20N2O2.ClH/c1-10-6-14(4-5-19-10)17-15(18)11-2-3-12-8-16-9-13(12)7-11;/h2-3,7,10,14,16H,4-6,8-9H2,1H3,(H,17,18);1H. The quantitative estimate of drug-likeness (QED) is 0.878. The lowest BCUT2D eigenvalue weighted by Gasteiger charge is -2.28. The summed E-state index contributed by atoms with van der Waals surface area (Å²) < 4.78 is 5.50. The van der Waals surface area contributed by atoms with Crippen LogP contribution in [-0.2, 0) is 17.8 Å². The second-order valence-corrected chi connectivity index (χ2v) is 5.46. The lowest BCUT2D eigenvalue weighted by Crippen LogP contribution is -2.41. The third-order valence-corrected chi connectivity index (χ3v) is 3.92. The van der Waals surface area contributed by atoms with Crippen LogP contribution >= 0.6 is 12.4 Å². The summed E-state index contributed by atoms with van der Waals surface area (Å²) in [5.41, 5.74) is 3.31. The fourth-order valence-corrected chi connectivity index (χ4v) is 2.83. The number of fused-ring (bicyclic) bond motifs is 1. The fraction of sp³-hybridized carbons (Fsp3) is 0.533. The van der Waals surface area contributed by atoms with Crippen molar-refractivity contribution in [2.45, 2.75) is 45.0 Å². The molecule has 20 heavy (non-hydrogen) atoms. The lowest BCUT2D eigenvalue weighted by molar-refractivity contribution is 0.0136. The van der Waals surface area contributed by atoms with Crippen molar-refractivity contribution in [1.82, 2.24) is 10.6 Å². The molecule has 2 unspecified atom stereocenters. The van der Waals surface area contributed by atoms with E-state index >= 15 is 0 Å². The monoisotopic (exact) mass is 296 g/mol. The van der Waals surface area contributed by atoms with E-state index in [4.69, 9.17) is 4.74 Å². The zero-order valence-corrected chi connectivity index (χ0v) is 12.5. The molecule has 2 heterocycles. The van der Waals surface area contributed by atoms with Crippen LogP contribution in [-0.4, -0.2) is 24.7 Å². The summed E-state index contributed by atoms with van der Waals surface area (Å²) in [6.45, 7) is 4.57. The zero-order valence-electron chi connectivity index (χ0n) is 11.6. The van der Waals surface area contributed by atoms with Crippen LogP contribution in [0.15, 0.2) is 18.2 Å². The maximum absolute atomic E-state index is 12.2. The van der Waals surface area contributed by atoms with Crippen LogP contribution in [0.3, 0.4) is 0 Å². The van der Waals surface area contributed by atoms with E-state index in [9.17, 15) is 4.79 Å². The van der Waals surface area contributed by atoms with Gasteiger partial charge < -0.3 is 15.4 Å². The number of carbonyl (C=O) groups excluding carboxylic acids is 1. The molecule has 0 bridgehead atoms. The molecule has 0 saturated carbocycles. The SMILES string of the molecule is CC1CC(NC(=O)c2ccc3c(c2)CNC3)CCO1.Cl. The smallest absolute Gasteiger partial charge is 0.251 e. The Hall–Kier alpha value is -1.10. The number of benzene rings is 1. The molecule has 1 aromatic carbocycles. The third kappa shape index (κ3) is 3.32. The Morgan fingerprint density at radius 2 is 2.15 bits per heavy atom. The number of rotatable bonds is 2. The molecule has 1 amide bonds. The molecule has 110 valence electrons. The van der Waals surface area contributed by atoms with Crippen LogP contribution in [0.2, 0.25) is 0 Å². The molecule has 2 aliphatic heterocycles. The Morgan fingerprint density at radius 3 is 2.95 bits per heavy atom. The summed E-state index contributed by atoms with van der Waals surface area (Å²) in [6.07, 6.45) is 2.05. The van der Waals surface area contributed by atoms with Gasteiger partial charge in [0.05, 0.1) is 6.10 Å². The predicted octanol–water partition coefficient (Wildman–Crippen LogP) is 2.01. The first kappa shape index (κ1) is 15.3. The summed E-state index contributed by atoms with van der Waals surface area (Å²) in [5.74, 6) is 0.0359. The Kier molecular flexibility index (Phi) is 5.02. The van der Waals surface area contributed by atoms with Gasteiger partial charge in [-0.2, -0.15) is 0 Å². The second-order valence-electron chi connectivity index (χ2n) is 5.46. The minimum atomic E-state index is 0. The molecular weight excluding hydrogens is 276 g/mol. The van der Waals surface area contributed by atoms with Gasteiger partial charge in [-0.3, -0.25) is 4.79 Å². The van der Waals surface area contributed by atoms with E-state index in [1.807, 2.05) is 12.1 Å².